The van der Waals surface area contributed by atoms with Crippen molar-refractivity contribution in [2.45, 2.75) is 32.6 Å². The van der Waals surface area contributed by atoms with E-state index in [1.807, 2.05) is 4.90 Å². The van der Waals surface area contributed by atoms with Crippen molar-refractivity contribution in [2.75, 3.05) is 25.0 Å². The standard InChI is InChI=1S/C23H26BrN3O3S/c1-2-3-13-30-20-10-9-16(15-19(20)24)21(28)26-23(31)25-18-8-6-7-17(14-18)22(29)27-11-4-5-12-27/h6-10,14-15H,2-5,11-13H2,1H3,(H2,25,26,28,31). The summed E-state index contributed by atoms with van der Waals surface area (Å²) >= 11 is 8.73. The Hall–Kier alpha value is -2.45. The molecule has 0 bridgehead atoms. The van der Waals surface area contributed by atoms with Crippen molar-refractivity contribution in [3.05, 3.63) is 58.1 Å². The summed E-state index contributed by atoms with van der Waals surface area (Å²) in [6.07, 6.45) is 4.11. The maximum atomic E-state index is 12.6. The molecule has 0 atom stereocenters. The Morgan fingerprint density at radius 2 is 1.90 bits per heavy atom. The van der Waals surface area contributed by atoms with E-state index in [0.29, 0.717) is 33.6 Å². The van der Waals surface area contributed by atoms with Crippen molar-refractivity contribution in [3.63, 3.8) is 0 Å². The van der Waals surface area contributed by atoms with Crippen LogP contribution in [0, 0.1) is 0 Å². The molecular weight excluding hydrogens is 478 g/mol. The van der Waals surface area contributed by atoms with Crippen LogP contribution in [0.3, 0.4) is 0 Å². The Labute approximate surface area is 196 Å². The molecule has 2 aromatic rings. The van der Waals surface area contributed by atoms with E-state index in [4.69, 9.17) is 17.0 Å². The molecule has 1 fully saturated rings. The summed E-state index contributed by atoms with van der Waals surface area (Å²) in [6, 6.07) is 12.3. The van der Waals surface area contributed by atoms with Crippen LogP contribution in [-0.4, -0.2) is 41.5 Å². The van der Waals surface area contributed by atoms with Gasteiger partial charge in [0.1, 0.15) is 5.75 Å². The molecule has 0 aromatic heterocycles. The number of anilines is 1. The molecular formula is C23H26BrN3O3S. The maximum Gasteiger partial charge on any atom is 0.257 e. The fourth-order valence-electron chi connectivity index (χ4n) is 3.26. The highest BCUT2D eigenvalue weighted by Crippen LogP contribution is 2.26. The van der Waals surface area contributed by atoms with E-state index in [9.17, 15) is 9.59 Å². The van der Waals surface area contributed by atoms with Crippen LogP contribution in [0.2, 0.25) is 0 Å². The second kappa shape index (κ2) is 11.2. The van der Waals surface area contributed by atoms with E-state index >= 15 is 0 Å². The number of benzene rings is 2. The molecule has 164 valence electrons. The van der Waals surface area contributed by atoms with Crippen molar-refractivity contribution < 1.29 is 14.3 Å². The third kappa shape index (κ3) is 6.51. The molecule has 2 aromatic carbocycles. The van der Waals surface area contributed by atoms with E-state index in [1.54, 1.807) is 42.5 Å². The Bertz CT molecular complexity index is 961. The first kappa shape index (κ1) is 23.2. The van der Waals surface area contributed by atoms with Crippen LogP contribution in [0.25, 0.3) is 0 Å². The monoisotopic (exact) mass is 503 g/mol. The zero-order valence-electron chi connectivity index (χ0n) is 17.4. The first-order valence-electron chi connectivity index (χ1n) is 10.4. The summed E-state index contributed by atoms with van der Waals surface area (Å²) in [5.41, 5.74) is 1.71. The predicted octanol–water partition coefficient (Wildman–Crippen LogP) is 4.99. The molecule has 1 saturated heterocycles. The fraction of sp³-hybridized carbons (Fsp3) is 0.348. The third-order valence-electron chi connectivity index (χ3n) is 4.94. The highest BCUT2D eigenvalue weighted by molar-refractivity contribution is 9.10. The largest absolute Gasteiger partial charge is 0.492 e. The van der Waals surface area contributed by atoms with Crippen LogP contribution in [0.1, 0.15) is 53.3 Å². The SMILES string of the molecule is CCCCOc1ccc(C(=O)NC(=S)Nc2cccc(C(=O)N3CCCC3)c2)cc1Br. The molecule has 0 saturated carbocycles. The molecule has 0 radical (unpaired) electrons. The van der Waals surface area contributed by atoms with E-state index in [0.717, 1.165) is 38.8 Å². The van der Waals surface area contributed by atoms with E-state index in [2.05, 4.69) is 33.5 Å². The third-order valence-corrected chi connectivity index (χ3v) is 5.76. The van der Waals surface area contributed by atoms with Gasteiger partial charge < -0.3 is 15.0 Å². The number of carbonyl (C=O) groups is 2. The zero-order chi connectivity index (χ0) is 22.2. The number of hydrogen-bond donors (Lipinski definition) is 2. The van der Waals surface area contributed by atoms with E-state index < -0.39 is 0 Å². The molecule has 2 N–H and O–H groups in total. The number of likely N-dealkylation sites (tertiary alicyclic amines) is 1. The number of rotatable bonds is 7. The second-order valence-corrected chi connectivity index (χ2v) is 8.60. The van der Waals surface area contributed by atoms with E-state index in [1.165, 1.54) is 0 Å². The summed E-state index contributed by atoms with van der Waals surface area (Å²) in [7, 11) is 0. The minimum absolute atomic E-state index is 0.0159. The fourth-order valence-corrected chi connectivity index (χ4v) is 3.96. The molecule has 31 heavy (non-hydrogen) atoms. The molecule has 1 aliphatic heterocycles. The van der Waals surface area contributed by atoms with Crippen LogP contribution in [-0.2, 0) is 0 Å². The lowest BCUT2D eigenvalue weighted by Crippen LogP contribution is -2.34. The number of unbranched alkanes of at least 4 members (excludes halogenated alkanes) is 1. The molecule has 0 unspecified atom stereocenters. The van der Waals surface area contributed by atoms with Gasteiger partial charge in [-0.2, -0.15) is 0 Å². The van der Waals surface area contributed by atoms with Gasteiger partial charge >= 0.3 is 0 Å². The Morgan fingerprint density at radius 1 is 1.13 bits per heavy atom. The van der Waals surface area contributed by atoms with Gasteiger partial charge in [-0.25, -0.2) is 0 Å². The van der Waals surface area contributed by atoms with Gasteiger partial charge in [-0.1, -0.05) is 19.4 Å². The Balaban J connectivity index is 1.58. The molecule has 6 nitrogen and oxygen atoms in total. The summed E-state index contributed by atoms with van der Waals surface area (Å²) < 4.78 is 6.40. The highest BCUT2D eigenvalue weighted by Gasteiger charge is 2.19. The average Bonchev–Trinajstić information content (AvgIpc) is 3.29. The number of ether oxygens (including phenoxy) is 1. The first-order valence-corrected chi connectivity index (χ1v) is 11.6. The quantitative estimate of drug-likeness (QED) is 0.411. The van der Waals surface area contributed by atoms with Gasteiger partial charge in [-0.3, -0.25) is 14.9 Å². The minimum atomic E-state index is -0.331. The van der Waals surface area contributed by atoms with E-state index in [-0.39, 0.29) is 16.9 Å². The summed E-state index contributed by atoms with van der Waals surface area (Å²) in [5.74, 6) is 0.384. The van der Waals surface area contributed by atoms with Crippen LogP contribution in [0.5, 0.6) is 5.75 Å². The predicted molar refractivity (Wildman–Crippen MR) is 130 cm³/mol. The van der Waals surface area contributed by atoms with Gasteiger partial charge in [0.2, 0.25) is 0 Å². The van der Waals surface area contributed by atoms with Crippen molar-refractivity contribution in [2.24, 2.45) is 0 Å². The van der Waals surface area contributed by atoms with Crippen LogP contribution < -0.4 is 15.4 Å². The lowest BCUT2D eigenvalue weighted by Gasteiger charge is -2.16. The molecule has 1 aliphatic rings. The van der Waals surface area contributed by atoms with Gasteiger partial charge in [0.05, 0.1) is 11.1 Å². The smallest absolute Gasteiger partial charge is 0.257 e. The van der Waals surface area contributed by atoms with Crippen LogP contribution in [0.4, 0.5) is 5.69 Å². The molecule has 1 heterocycles. The zero-order valence-corrected chi connectivity index (χ0v) is 19.9. The number of amides is 2. The van der Waals surface area contributed by atoms with Gasteiger partial charge in [0.15, 0.2) is 5.11 Å². The lowest BCUT2D eigenvalue weighted by molar-refractivity contribution is 0.0792. The second-order valence-electron chi connectivity index (χ2n) is 7.34. The van der Waals surface area contributed by atoms with Crippen molar-refractivity contribution in [3.8, 4) is 5.75 Å². The van der Waals surface area contributed by atoms with Crippen molar-refractivity contribution in [1.82, 2.24) is 10.2 Å². The number of nitrogens with one attached hydrogen (secondary N) is 2. The summed E-state index contributed by atoms with van der Waals surface area (Å²) in [4.78, 5) is 27.0. The number of halogens is 1. The van der Waals surface area contributed by atoms with Gasteiger partial charge in [-0.05, 0) is 83.8 Å². The average molecular weight is 504 g/mol. The minimum Gasteiger partial charge on any atom is -0.492 e. The molecule has 2 amide bonds. The number of thiocarbonyl (C=S) groups is 1. The lowest BCUT2D eigenvalue weighted by atomic mass is 10.2. The first-order chi connectivity index (χ1) is 15.0. The Kier molecular flexibility index (Phi) is 8.43. The Morgan fingerprint density at radius 3 is 2.61 bits per heavy atom. The normalized spacial score (nSPS) is 13.0. The van der Waals surface area contributed by atoms with Crippen molar-refractivity contribution >= 4 is 50.8 Å². The van der Waals surface area contributed by atoms with Crippen molar-refractivity contribution in [1.29, 1.82) is 0 Å². The van der Waals surface area contributed by atoms with Crippen LogP contribution in [0.15, 0.2) is 46.9 Å². The molecule has 8 heteroatoms. The number of carbonyl (C=O) groups excluding carboxylic acids is 2. The summed E-state index contributed by atoms with van der Waals surface area (Å²) in [6.45, 7) is 4.32. The van der Waals surface area contributed by atoms with Gasteiger partial charge in [-0.15, -0.1) is 0 Å². The number of nitrogens with zero attached hydrogens (tertiary/aromatic N) is 1. The molecule has 0 spiro atoms. The van der Waals surface area contributed by atoms with Gasteiger partial charge in [0.25, 0.3) is 11.8 Å². The topological polar surface area (TPSA) is 70.7 Å². The molecule has 3 rings (SSSR count). The van der Waals surface area contributed by atoms with Crippen LogP contribution >= 0.6 is 28.1 Å². The summed E-state index contributed by atoms with van der Waals surface area (Å²) in [5, 5.41) is 5.82. The highest BCUT2D eigenvalue weighted by atomic mass is 79.9. The molecule has 0 aliphatic carbocycles. The van der Waals surface area contributed by atoms with Gasteiger partial charge in [0, 0.05) is 29.9 Å². The number of hydrogen-bond acceptors (Lipinski definition) is 4. The maximum absolute atomic E-state index is 12.6.